The minimum Gasteiger partial charge on any atom is -0.286 e. The second kappa shape index (κ2) is 5.15. The molecular weight excluding hydrogens is 114 g/mol. The lowest BCUT2D eigenvalue weighted by Crippen LogP contribution is -2.37. The molecule has 9 heavy (non-hydrogen) atoms. The van der Waals surface area contributed by atoms with Gasteiger partial charge < -0.3 is 0 Å². The summed E-state index contributed by atoms with van der Waals surface area (Å²) in [7, 11) is 0. The van der Waals surface area contributed by atoms with E-state index >= 15 is 0 Å². The first kappa shape index (κ1) is 8.01. The zero-order valence-electron chi connectivity index (χ0n) is 5.83. The number of hydrogen-bond acceptors (Lipinski definition) is 1. The average Bonchev–Trinajstić information content (AvgIpc) is 1.89. The summed E-state index contributed by atoms with van der Waals surface area (Å²) < 4.78 is 0. The summed E-state index contributed by atoms with van der Waals surface area (Å²) in [5.41, 5.74) is 0. The van der Waals surface area contributed by atoms with Crippen molar-refractivity contribution < 1.29 is 5.41 Å². The minimum absolute atomic E-state index is 0.563. The molecule has 0 saturated carbocycles. The van der Waals surface area contributed by atoms with Gasteiger partial charge in [0.05, 0.1) is 17.7 Å². The number of nitrogens with two attached hydrogens (primary N) is 1. The Labute approximate surface area is 55.0 Å². The summed E-state index contributed by atoms with van der Waals surface area (Å²) in [6, 6.07) is 0. The Kier molecular flexibility index (Phi) is 4.59. The van der Waals surface area contributed by atoms with E-state index in [1.807, 2.05) is 13.8 Å². The highest BCUT2D eigenvalue weighted by molar-refractivity contribution is 5.75. The van der Waals surface area contributed by atoms with E-state index < -0.39 is 0 Å². The van der Waals surface area contributed by atoms with E-state index in [9.17, 15) is 0 Å². The van der Waals surface area contributed by atoms with Gasteiger partial charge in [0.15, 0.2) is 0 Å². The Morgan fingerprint density at radius 3 is 2.78 bits per heavy atom. The van der Waals surface area contributed by atoms with Gasteiger partial charge in [0.2, 0.25) is 0 Å². The summed E-state index contributed by atoms with van der Waals surface area (Å²) in [4.78, 5) is 0. The number of rotatable bonds is 2. The Bertz CT molecular complexity index is 135. The van der Waals surface area contributed by atoms with Crippen molar-refractivity contribution in [3.63, 3.8) is 0 Å². The zero-order chi connectivity index (χ0) is 7.11. The largest absolute Gasteiger partial charge is 0.317 e. The molecule has 0 amide bonds. The van der Waals surface area contributed by atoms with Gasteiger partial charge in [-0.2, -0.15) is 0 Å². The molecule has 0 radical (unpaired) electrons. The van der Waals surface area contributed by atoms with Crippen LogP contribution in [0.5, 0.6) is 0 Å². The second-order valence-electron chi connectivity index (χ2n) is 1.54. The SMILES string of the molecule is C/C=C\N=NC(=[NH2+])CC. The van der Waals surface area contributed by atoms with Crippen molar-refractivity contribution in [1.82, 2.24) is 0 Å². The lowest BCUT2D eigenvalue weighted by atomic mass is 10.5. The second-order valence-corrected chi connectivity index (χ2v) is 1.54. The van der Waals surface area contributed by atoms with Crippen LogP contribution in [0, 0.1) is 0 Å². The normalized spacial score (nSPS) is 11.3. The highest BCUT2D eigenvalue weighted by atomic mass is 15.1. The number of hydrogen-bond donors (Lipinski definition) is 1. The third kappa shape index (κ3) is 4.87. The summed E-state index contributed by atoms with van der Waals surface area (Å²) in [6.07, 6.45) is 4.15. The molecule has 0 saturated heterocycles. The number of azo groups is 1. The maximum absolute atomic E-state index is 5.34. The molecule has 0 aromatic heterocycles. The number of amidine groups is 1. The molecular formula is C6H12N3+. The predicted octanol–water partition coefficient (Wildman–Crippen LogP) is 0.540. The van der Waals surface area contributed by atoms with E-state index in [4.69, 9.17) is 5.41 Å². The molecule has 0 aliphatic heterocycles. The maximum atomic E-state index is 5.34. The van der Waals surface area contributed by atoms with Crippen LogP contribution in [0.1, 0.15) is 20.3 Å². The predicted molar refractivity (Wildman–Crippen MR) is 36.9 cm³/mol. The molecule has 0 rings (SSSR count). The van der Waals surface area contributed by atoms with Crippen molar-refractivity contribution in [3.05, 3.63) is 12.3 Å². The fourth-order valence-corrected chi connectivity index (χ4v) is 0.245. The van der Waals surface area contributed by atoms with Crippen molar-refractivity contribution >= 4 is 5.84 Å². The van der Waals surface area contributed by atoms with Crippen molar-refractivity contribution in [2.45, 2.75) is 20.3 Å². The van der Waals surface area contributed by atoms with Gasteiger partial charge in [-0.25, -0.2) is 0 Å². The Morgan fingerprint density at radius 2 is 2.33 bits per heavy atom. The summed E-state index contributed by atoms with van der Waals surface area (Å²) >= 11 is 0. The summed E-state index contributed by atoms with van der Waals surface area (Å²) in [5, 5.41) is 12.6. The molecule has 0 heterocycles. The van der Waals surface area contributed by atoms with Crippen molar-refractivity contribution in [1.29, 1.82) is 0 Å². The quantitative estimate of drug-likeness (QED) is 0.319. The molecule has 0 aliphatic rings. The molecule has 0 aromatic carbocycles. The van der Waals surface area contributed by atoms with Crippen LogP contribution in [0.25, 0.3) is 0 Å². The van der Waals surface area contributed by atoms with Crippen LogP contribution in [0.15, 0.2) is 22.5 Å². The molecule has 50 valence electrons. The molecule has 3 nitrogen and oxygen atoms in total. The van der Waals surface area contributed by atoms with Gasteiger partial charge in [0.25, 0.3) is 0 Å². The lowest BCUT2D eigenvalue weighted by Gasteiger charge is -1.71. The number of allylic oxidation sites excluding steroid dienone is 1. The zero-order valence-corrected chi connectivity index (χ0v) is 5.83. The van der Waals surface area contributed by atoms with E-state index in [1.165, 1.54) is 0 Å². The van der Waals surface area contributed by atoms with Gasteiger partial charge in [0, 0.05) is 0 Å². The van der Waals surface area contributed by atoms with E-state index in [0.29, 0.717) is 5.84 Å². The van der Waals surface area contributed by atoms with Crippen LogP contribution in [-0.4, -0.2) is 5.84 Å². The topological polar surface area (TPSA) is 50.3 Å². The van der Waals surface area contributed by atoms with Crippen LogP contribution in [0.4, 0.5) is 0 Å². The van der Waals surface area contributed by atoms with Crippen LogP contribution in [-0.2, 0) is 0 Å². The molecule has 2 N–H and O–H groups in total. The lowest BCUT2D eigenvalue weighted by molar-refractivity contribution is -0.117. The smallest absolute Gasteiger partial charge is 0.286 e. The van der Waals surface area contributed by atoms with Crippen molar-refractivity contribution in [2.24, 2.45) is 10.2 Å². The molecule has 0 spiro atoms. The monoisotopic (exact) mass is 126 g/mol. The minimum atomic E-state index is 0.563. The highest BCUT2D eigenvalue weighted by Crippen LogP contribution is 1.81. The Hall–Kier alpha value is -0.990. The first-order valence-electron chi connectivity index (χ1n) is 2.94. The van der Waals surface area contributed by atoms with Crippen LogP contribution in [0.2, 0.25) is 0 Å². The number of nitrogens with zero attached hydrogens (tertiary/aromatic N) is 2. The fraction of sp³-hybridized carbons (Fsp3) is 0.500. The molecule has 0 aromatic rings. The maximum Gasteiger partial charge on any atom is 0.317 e. The molecule has 0 fully saturated rings. The van der Waals surface area contributed by atoms with E-state index in [1.54, 1.807) is 12.3 Å². The van der Waals surface area contributed by atoms with Gasteiger partial charge in [0.1, 0.15) is 0 Å². The Morgan fingerprint density at radius 1 is 1.67 bits per heavy atom. The highest BCUT2D eigenvalue weighted by Gasteiger charge is 1.94. The van der Waals surface area contributed by atoms with Crippen LogP contribution >= 0.6 is 0 Å². The van der Waals surface area contributed by atoms with E-state index in [0.717, 1.165) is 6.42 Å². The standard InChI is InChI=1S/C6H11N3/c1-3-5-8-9-6(7)4-2/h3,5,7H,4H2,1-2H3/p+1/b5-3-,7-6?,9-8?. The molecule has 0 unspecified atom stereocenters. The third-order valence-corrected chi connectivity index (χ3v) is 0.764. The molecule has 0 aliphatic carbocycles. The van der Waals surface area contributed by atoms with Gasteiger partial charge in [-0.05, 0) is 12.0 Å². The van der Waals surface area contributed by atoms with Crippen molar-refractivity contribution in [2.75, 3.05) is 0 Å². The molecule has 0 bridgehead atoms. The third-order valence-electron chi connectivity index (χ3n) is 0.764. The fourth-order valence-electron chi connectivity index (χ4n) is 0.245. The van der Waals surface area contributed by atoms with E-state index in [2.05, 4.69) is 10.2 Å². The first-order chi connectivity index (χ1) is 4.31. The molecule has 3 heteroatoms. The summed E-state index contributed by atoms with van der Waals surface area (Å²) in [6.45, 7) is 3.81. The van der Waals surface area contributed by atoms with Crippen LogP contribution < -0.4 is 5.41 Å². The van der Waals surface area contributed by atoms with Crippen molar-refractivity contribution in [3.8, 4) is 0 Å². The van der Waals surface area contributed by atoms with Gasteiger partial charge in [-0.15, -0.1) is 0 Å². The first-order valence-corrected chi connectivity index (χ1v) is 2.94. The Balaban J connectivity index is 3.57. The molecule has 0 atom stereocenters. The average molecular weight is 126 g/mol. The van der Waals surface area contributed by atoms with Gasteiger partial charge >= 0.3 is 5.84 Å². The van der Waals surface area contributed by atoms with E-state index in [-0.39, 0.29) is 0 Å². The van der Waals surface area contributed by atoms with Gasteiger partial charge in [-0.1, -0.05) is 13.0 Å². The van der Waals surface area contributed by atoms with Gasteiger partial charge in [-0.3, -0.25) is 5.41 Å². The van der Waals surface area contributed by atoms with Crippen LogP contribution in [0.3, 0.4) is 0 Å². The summed E-state index contributed by atoms with van der Waals surface area (Å²) in [5.74, 6) is 0.563.